The number of nitrogens with one attached hydrogen (secondary N) is 1. The Bertz CT molecular complexity index is 922. The van der Waals surface area contributed by atoms with Crippen LogP contribution in [0.3, 0.4) is 0 Å². The normalized spacial score (nSPS) is 14.2. The molecule has 1 aliphatic heterocycles. The van der Waals surface area contributed by atoms with Crippen LogP contribution in [0.1, 0.15) is 24.1 Å². The first-order chi connectivity index (χ1) is 12.2. The average molecular weight is 335 g/mol. The van der Waals surface area contributed by atoms with Crippen LogP contribution in [-0.2, 0) is 6.54 Å². The van der Waals surface area contributed by atoms with Crippen molar-refractivity contribution >= 4 is 5.95 Å². The van der Waals surface area contributed by atoms with Gasteiger partial charge in [-0.2, -0.15) is 0 Å². The Kier molecular flexibility index (Phi) is 4.09. The van der Waals surface area contributed by atoms with E-state index in [9.17, 15) is 4.79 Å². The molecule has 0 amide bonds. The van der Waals surface area contributed by atoms with E-state index in [-0.39, 0.29) is 5.56 Å². The molecule has 6 heteroatoms. The summed E-state index contributed by atoms with van der Waals surface area (Å²) >= 11 is 0. The highest BCUT2D eigenvalue weighted by Crippen LogP contribution is 2.22. The number of aromatic nitrogens is 4. The molecule has 1 saturated heterocycles. The largest absolute Gasteiger partial charge is 0.341 e. The molecule has 1 aromatic carbocycles. The van der Waals surface area contributed by atoms with Crippen molar-refractivity contribution in [2.45, 2.75) is 26.3 Å². The van der Waals surface area contributed by atoms with Crippen molar-refractivity contribution in [1.82, 2.24) is 19.7 Å². The molecule has 0 aliphatic carbocycles. The Morgan fingerprint density at radius 1 is 1.16 bits per heavy atom. The molecule has 0 saturated carbocycles. The zero-order chi connectivity index (χ0) is 17.2. The second-order valence-corrected chi connectivity index (χ2v) is 6.44. The smallest absolute Gasteiger partial charge is 0.267 e. The van der Waals surface area contributed by atoms with Gasteiger partial charge in [-0.1, -0.05) is 30.3 Å². The number of hydrogen-bond donors (Lipinski definition) is 1. The van der Waals surface area contributed by atoms with E-state index in [1.165, 1.54) is 12.8 Å². The van der Waals surface area contributed by atoms with Crippen LogP contribution in [0.2, 0.25) is 0 Å². The first-order valence-corrected chi connectivity index (χ1v) is 8.63. The van der Waals surface area contributed by atoms with Crippen LogP contribution in [0.15, 0.2) is 47.4 Å². The molecule has 2 aromatic heterocycles. The molecule has 0 unspecified atom stereocenters. The van der Waals surface area contributed by atoms with Gasteiger partial charge in [0, 0.05) is 30.9 Å². The molecule has 3 heterocycles. The first kappa shape index (κ1) is 15.6. The standard InChI is InChI=1S/C19H21N5O/c1-14-16(12-20-19(21-14)23-9-5-6-10-23)17-11-18(25)24(22-17)13-15-7-3-2-4-8-15/h2-4,7-8,11-12,22H,5-6,9-10,13H2,1H3. The summed E-state index contributed by atoms with van der Waals surface area (Å²) in [5.74, 6) is 0.782. The number of benzene rings is 1. The van der Waals surface area contributed by atoms with E-state index >= 15 is 0 Å². The summed E-state index contributed by atoms with van der Waals surface area (Å²) in [5.41, 5.74) is 3.53. The molecule has 128 valence electrons. The Balaban J connectivity index is 1.62. The van der Waals surface area contributed by atoms with Gasteiger partial charge in [0.05, 0.1) is 17.9 Å². The molecule has 1 N–H and O–H groups in total. The Labute approximate surface area is 146 Å². The van der Waals surface area contributed by atoms with Gasteiger partial charge in [-0.05, 0) is 25.3 Å². The number of aryl methyl sites for hydroxylation is 1. The van der Waals surface area contributed by atoms with Crippen LogP contribution in [0, 0.1) is 6.92 Å². The lowest BCUT2D eigenvalue weighted by Gasteiger charge is -2.16. The van der Waals surface area contributed by atoms with Gasteiger partial charge in [-0.3, -0.25) is 9.89 Å². The van der Waals surface area contributed by atoms with Crippen molar-refractivity contribution in [3.8, 4) is 11.3 Å². The van der Waals surface area contributed by atoms with E-state index in [0.717, 1.165) is 41.6 Å². The zero-order valence-corrected chi connectivity index (χ0v) is 14.3. The number of hydrogen-bond acceptors (Lipinski definition) is 4. The molecule has 4 rings (SSSR count). The maximum absolute atomic E-state index is 12.3. The minimum atomic E-state index is -0.0538. The van der Waals surface area contributed by atoms with Crippen molar-refractivity contribution < 1.29 is 0 Å². The van der Waals surface area contributed by atoms with E-state index in [1.807, 2.05) is 43.5 Å². The summed E-state index contributed by atoms with van der Waals surface area (Å²) in [6.07, 6.45) is 4.20. The number of aromatic amines is 1. The predicted octanol–water partition coefficient (Wildman–Crippen LogP) is 2.59. The third-order valence-corrected chi connectivity index (χ3v) is 4.62. The van der Waals surface area contributed by atoms with Crippen LogP contribution in [0.5, 0.6) is 0 Å². The van der Waals surface area contributed by atoms with Crippen LogP contribution in [0.25, 0.3) is 11.3 Å². The highest BCUT2D eigenvalue weighted by atomic mass is 16.1. The molecule has 1 fully saturated rings. The lowest BCUT2D eigenvalue weighted by atomic mass is 10.2. The molecule has 0 atom stereocenters. The van der Waals surface area contributed by atoms with Gasteiger partial charge in [-0.25, -0.2) is 14.6 Å². The molecule has 25 heavy (non-hydrogen) atoms. The number of nitrogens with zero attached hydrogens (tertiary/aromatic N) is 4. The average Bonchev–Trinajstić information content (AvgIpc) is 3.26. The van der Waals surface area contributed by atoms with Gasteiger partial charge in [0.1, 0.15) is 0 Å². The van der Waals surface area contributed by atoms with Gasteiger partial charge in [0.15, 0.2) is 0 Å². The summed E-state index contributed by atoms with van der Waals surface area (Å²) in [5, 5.41) is 3.19. The minimum absolute atomic E-state index is 0.0538. The molecule has 0 radical (unpaired) electrons. The van der Waals surface area contributed by atoms with E-state index in [1.54, 1.807) is 10.7 Å². The van der Waals surface area contributed by atoms with Crippen molar-refractivity contribution in [1.29, 1.82) is 0 Å². The molecule has 3 aromatic rings. The van der Waals surface area contributed by atoms with E-state index in [0.29, 0.717) is 6.54 Å². The van der Waals surface area contributed by atoms with Gasteiger partial charge in [0.25, 0.3) is 5.56 Å². The van der Waals surface area contributed by atoms with Crippen LogP contribution >= 0.6 is 0 Å². The molecule has 6 nitrogen and oxygen atoms in total. The molecular formula is C19H21N5O. The summed E-state index contributed by atoms with van der Waals surface area (Å²) in [6.45, 7) is 4.51. The Morgan fingerprint density at radius 2 is 1.92 bits per heavy atom. The maximum Gasteiger partial charge on any atom is 0.267 e. The first-order valence-electron chi connectivity index (χ1n) is 8.63. The third kappa shape index (κ3) is 3.20. The molecule has 0 bridgehead atoms. The molecular weight excluding hydrogens is 314 g/mol. The predicted molar refractivity (Wildman–Crippen MR) is 97.8 cm³/mol. The number of anilines is 1. The summed E-state index contributed by atoms with van der Waals surface area (Å²) in [7, 11) is 0. The minimum Gasteiger partial charge on any atom is -0.341 e. The topological polar surface area (TPSA) is 66.8 Å². The SMILES string of the molecule is Cc1nc(N2CCCC2)ncc1-c1cc(=O)n(Cc2ccccc2)[nH]1. The number of H-pyrrole nitrogens is 1. The van der Waals surface area contributed by atoms with Gasteiger partial charge in [0.2, 0.25) is 5.95 Å². The lowest BCUT2D eigenvalue weighted by molar-refractivity contribution is 0.666. The fourth-order valence-electron chi connectivity index (χ4n) is 3.24. The lowest BCUT2D eigenvalue weighted by Crippen LogP contribution is -2.20. The summed E-state index contributed by atoms with van der Waals surface area (Å²) in [4.78, 5) is 23.6. The van der Waals surface area contributed by atoms with Crippen LogP contribution < -0.4 is 10.5 Å². The van der Waals surface area contributed by atoms with E-state index in [4.69, 9.17) is 0 Å². The van der Waals surface area contributed by atoms with Crippen molar-refractivity contribution in [3.05, 3.63) is 64.2 Å². The highest BCUT2D eigenvalue weighted by molar-refractivity contribution is 5.61. The van der Waals surface area contributed by atoms with Crippen molar-refractivity contribution in [2.24, 2.45) is 0 Å². The maximum atomic E-state index is 12.3. The highest BCUT2D eigenvalue weighted by Gasteiger charge is 2.17. The fourth-order valence-corrected chi connectivity index (χ4v) is 3.24. The van der Waals surface area contributed by atoms with Crippen molar-refractivity contribution in [3.63, 3.8) is 0 Å². The van der Waals surface area contributed by atoms with E-state index < -0.39 is 0 Å². The number of rotatable bonds is 4. The quantitative estimate of drug-likeness (QED) is 0.796. The summed E-state index contributed by atoms with van der Waals surface area (Å²) in [6, 6.07) is 11.5. The summed E-state index contributed by atoms with van der Waals surface area (Å²) < 4.78 is 1.61. The van der Waals surface area contributed by atoms with Gasteiger partial charge < -0.3 is 4.90 Å². The third-order valence-electron chi connectivity index (χ3n) is 4.62. The van der Waals surface area contributed by atoms with Crippen LogP contribution in [-0.4, -0.2) is 32.8 Å². The second kappa shape index (κ2) is 6.55. The second-order valence-electron chi connectivity index (χ2n) is 6.44. The zero-order valence-electron chi connectivity index (χ0n) is 14.3. The van der Waals surface area contributed by atoms with E-state index in [2.05, 4.69) is 20.0 Å². The van der Waals surface area contributed by atoms with Crippen LogP contribution in [0.4, 0.5) is 5.95 Å². The van der Waals surface area contributed by atoms with Crippen molar-refractivity contribution in [2.75, 3.05) is 18.0 Å². The molecule has 1 aliphatic rings. The van der Waals surface area contributed by atoms with Gasteiger partial charge >= 0.3 is 0 Å². The Morgan fingerprint density at radius 3 is 2.64 bits per heavy atom. The monoisotopic (exact) mass is 335 g/mol. The van der Waals surface area contributed by atoms with Gasteiger partial charge in [-0.15, -0.1) is 0 Å². The Hall–Kier alpha value is -2.89. The fraction of sp³-hybridized carbons (Fsp3) is 0.316. The molecule has 0 spiro atoms.